The van der Waals surface area contributed by atoms with Crippen molar-refractivity contribution in [1.29, 1.82) is 0 Å². The van der Waals surface area contributed by atoms with Crippen molar-refractivity contribution in [2.75, 3.05) is 18.9 Å². The second-order valence-corrected chi connectivity index (χ2v) is 8.16. The fourth-order valence-corrected chi connectivity index (χ4v) is 5.05. The maximum absolute atomic E-state index is 12.7. The molecule has 2 N–H and O–H groups in total. The summed E-state index contributed by atoms with van der Waals surface area (Å²) in [5, 5.41) is 4.91. The monoisotopic (exact) mass is 328 g/mol. The highest BCUT2D eigenvalue weighted by Crippen LogP contribution is 2.43. The van der Waals surface area contributed by atoms with Crippen molar-refractivity contribution < 1.29 is 8.42 Å². The number of anilines is 1. The summed E-state index contributed by atoms with van der Waals surface area (Å²) in [4.78, 5) is 4.98. The second kappa shape index (κ2) is 5.26. The maximum Gasteiger partial charge on any atom is 0.260 e. The summed E-state index contributed by atoms with van der Waals surface area (Å²) in [6.45, 7) is 2.63. The fourth-order valence-electron chi connectivity index (χ4n) is 2.83. The minimum absolute atomic E-state index is 0.144. The molecule has 1 saturated carbocycles. The number of imidazole rings is 1. The predicted molar refractivity (Wildman–Crippen MR) is 84.4 cm³/mol. The van der Waals surface area contributed by atoms with Crippen molar-refractivity contribution in [3.8, 4) is 0 Å². The highest BCUT2D eigenvalue weighted by molar-refractivity contribution is 7.89. The normalized spacial score (nSPS) is 17.8. The summed E-state index contributed by atoms with van der Waals surface area (Å²) in [6, 6.07) is 0. The number of fused-ring (bicyclic) bond motifs is 1. The molecule has 3 rings (SSSR count). The van der Waals surface area contributed by atoms with Gasteiger partial charge in [0, 0.05) is 25.2 Å². The van der Waals surface area contributed by atoms with Crippen LogP contribution in [0.2, 0.25) is 0 Å². The van der Waals surface area contributed by atoms with Crippen molar-refractivity contribution >= 4 is 32.1 Å². The summed E-state index contributed by atoms with van der Waals surface area (Å²) in [5.41, 5.74) is 0.144. The summed E-state index contributed by atoms with van der Waals surface area (Å²) < 4.78 is 29.8. The lowest BCUT2D eigenvalue weighted by Crippen LogP contribution is -2.42. The highest BCUT2D eigenvalue weighted by Gasteiger charge is 2.37. The SMILES string of the molecule is CCC1(CNS(=O)(=O)c2c(NC)nc3sccn23)CCC1. The molecular weight excluding hydrogens is 308 g/mol. The van der Waals surface area contributed by atoms with Gasteiger partial charge in [0.2, 0.25) is 0 Å². The lowest BCUT2D eigenvalue weighted by molar-refractivity contribution is 0.133. The van der Waals surface area contributed by atoms with E-state index >= 15 is 0 Å². The summed E-state index contributed by atoms with van der Waals surface area (Å²) >= 11 is 1.42. The molecule has 0 unspecified atom stereocenters. The summed E-state index contributed by atoms with van der Waals surface area (Å²) in [7, 11) is -1.90. The third-order valence-electron chi connectivity index (χ3n) is 4.51. The number of hydrogen-bond donors (Lipinski definition) is 2. The van der Waals surface area contributed by atoms with Crippen LogP contribution in [0, 0.1) is 5.41 Å². The molecule has 1 aliphatic carbocycles. The van der Waals surface area contributed by atoms with Crippen LogP contribution < -0.4 is 10.0 Å². The highest BCUT2D eigenvalue weighted by atomic mass is 32.2. The molecule has 0 saturated heterocycles. The number of nitrogens with zero attached hydrogens (tertiary/aromatic N) is 2. The van der Waals surface area contributed by atoms with Gasteiger partial charge in [-0.2, -0.15) is 0 Å². The lowest BCUT2D eigenvalue weighted by atomic mass is 9.67. The Morgan fingerprint density at radius 1 is 1.48 bits per heavy atom. The van der Waals surface area contributed by atoms with E-state index in [9.17, 15) is 8.42 Å². The molecule has 0 aromatic carbocycles. The van der Waals surface area contributed by atoms with E-state index in [1.807, 2.05) is 5.38 Å². The van der Waals surface area contributed by atoms with Gasteiger partial charge in [0.1, 0.15) is 0 Å². The summed E-state index contributed by atoms with van der Waals surface area (Å²) in [6.07, 6.45) is 6.14. The van der Waals surface area contributed by atoms with E-state index in [1.54, 1.807) is 17.6 Å². The first-order chi connectivity index (χ1) is 10.0. The fraction of sp³-hybridized carbons (Fsp3) is 0.615. The first-order valence-electron chi connectivity index (χ1n) is 7.14. The lowest BCUT2D eigenvalue weighted by Gasteiger charge is -2.41. The molecule has 6 nitrogen and oxygen atoms in total. The predicted octanol–water partition coefficient (Wildman–Crippen LogP) is 2.30. The van der Waals surface area contributed by atoms with Crippen LogP contribution in [0.4, 0.5) is 5.82 Å². The van der Waals surface area contributed by atoms with E-state index < -0.39 is 10.0 Å². The van der Waals surface area contributed by atoms with Gasteiger partial charge in [-0.3, -0.25) is 4.40 Å². The molecular formula is C13H20N4O2S2. The van der Waals surface area contributed by atoms with Crippen molar-refractivity contribution in [1.82, 2.24) is 14.1 Å². The molecule has 116 valence electrons. The average molecular weight is 328 g/mol. The van der Waals surface area contributed by atoms with Gasteiger partial charge < -0.3 is 5.32 Å². The largest absolute Gasteiger partial charge is 0.371 e. The Kier molecular flexibility index (Phi) is 3.71. The van der Waals surface area contributed by atoms with Crippen LogP contribution in [-0.4, -0.2) is 31.4 Å². The van der Waals surface area contributed by atoms with E-state index in [0.717, 1.165) is 19.3 Å². The minimum atomic E-state index is -3.58. The third-order valence-corrected chi connectivity index (χ3v) is 6.69. The maximum atomic E-state index is 12.7. The molecule has 1 fully saturated rings. The molecule has 0 spiro atoms. The van der Waals surface area contributed by atoms with Crippen LogP contribution in [-0.2, 0) is 10.0 Å². The van der Waals surface area contributed by atoms with E-state index in [-0.39, 0.29) is 10.4 Å². The minimum Gasteiger partial charge on any atom is -0.371 e. The van der Waals surface area contributed by atoms with Crippen molar-refractivity contribution in [3.05, 3.63) is 11.6 Å². The second-order valence-electron chi connectivity index (χ2n) is 5.60. The number of rotatable bonds is 6. The van der Waals surface area contributed by atoms with Crippen LogP contribution in [0.1, 0.15) is 32.6 Å². The Labute approximate surface area is 128 Å². The molecule has 8 heteroatoms. The van der Waals surface area contributed by atoms with Crippen molar-refractivity contribution in [3.63, 3.8) is 0 Å². The van der Waals surface area contributed by atoms with Crippen molar-refractivity contribution in [2.45, 2.75) is 37.6 Å². The zero-order chi connectivity index (χ0) is 15.1. The van der Waals surface area contributed by atoms with Gasteiger partial charge in [-0.15, -0.1) is 11.3 Å². The standard InChI is InChI=1S/C13H20N4O2S2/c1-3-13(5-4-6-13)9-15-21(18,19)11-10(14-2)16-12-17(11)7-8-20-12/h7-8,14-15H,3-6,9H2,1-2H3. The van der Waals surface area contributed by atoms with Gasteiger partial charge in [-0.05, 0) is 24.7 Å². The molecule has 2 aromatic rings. The Bertz CT molecular complexity index is 738. The van der Waals surface area contributed by atoms with Gasteiger partial charge in [0.15, 0.2) is 15.8 Å². The molecule has 0 aliphatic heterocycles. The van der Waals surface area contributed by atoms with E-state index in [4.69, 9.17) is 0 Å². The van der Waals surface area contributed by atoms with Crippen molar-refractivity contribution in [2.24, 2.45) is 5.41 Å². The third kappa shape index (κ3) is 2.45. The number of thiazole rings is 1. The number of sulfonamides is 1. The molecule has 2 heterocycles. The average Bonchev–Trinajstić information content (AvgIpc) is 2.96. The smallest absolute Gasteiger partial charge is 0.260 e. The van der Waals surface area contributed by atoms with Crippen LogP contribution in [0.5, 0.6) is 0 Å². The van der Waals surface area contributed by atoms with E-state index in [0.29, 0.717) is 17.3 Å². The van der Waals surface area contributed by atoms with E-state index in [1.165, 1.54) is 17.8 Å². The quantitative estimate of drug-likeness (QED) is 0.853. The summed E-state index contributed by atoms with van der Waals surface area (Å²) in [5.74, 6) is 0.397. The number of nitrogens with one attached hydrogen (secondary N) is 2. The van der Waals surface area contributed by atoms with Gasteiger partial charge in [-0.1, -0.05) is 13.3 Å². The zero-order valence-electron chi connectivity index (χ0n) is 12.2. The van der Waals surface area contributed by atoms with E-state index in [2.05, 4.69) is 21.9 Å². The number of aromatic nitrogens is 2. The van der Waals surface area contributed by atoms with Gasteiger partial charge >= 0.3 is 0 Å². The molecule has 0 atom stereocenters. The molecule has 2 aromatic heterocycles. The molecule has 1 aliphatic rings. The Morgan fingerprint density at radius 2 is 2.24 bits per heavy atom. The molecule has 0 amide bonds. The Morgan fingerprint density at radius 3 is 2.81 bits per heavy atom. The van der Waals surface area contributed by atoms with Crippen LogP contribution in [0.15, 0.2) is 16.6 Å². The Hall–Kier alpha value is -1.12. The van der Waals surface area contributed by atoms with Gasteiger partial charge in [-0.25, -0.2) is 18.1 Å². The Balaban J connectivity index is 1.91. The molecule has 0 bridgehead atoms. The van der Waals surface area contributed by atoms with Gasteiger partial charge in [0.05, 0.1) is 0 Å². The topological polar surface area (TPSA) is 75.5 Å². The van der Waals surface area contributed by atoms with Crippen LogP contribution in [0.3, 0.4) is 0 Å². The molecule has 21 heavy (non-hydrogen) atoms. The van der Waals surface area contributed by atoms with Gasteiger partial charge in [0.25, 0.3) is 10.0 Å². The zero-order valence-corrected chi connectivity index (χ0v) is 13.9. The van der Waals surface area contributed by atoms with Crippen LogP contribution in [0.25, 0.3) is 4.96 Å². The number of hydrogen-bond acceptors (Lipinski definition) is 5. The molecule has 0 radical (unpaired) electrons. The first-order valence-corrected chi connectivity index (χ1v) is 9.51. The first kappa shape index (κ1) is 14.8. The van der Waals surface area contributed by atoms with Crippen LogP contribution >= 0.6 is 11.3 Å².